The van der Waals surface area contributed by atoms with Crippen LogP contribution in [-0.4, -0.2) is 376 Å². The van der Waals surface area contributed by atoms with E-state index in [1.54, 1.807) is 0 Å². The molecule has 0 aromatic heterocycles. The molecule has 2 aliphatic heterocycles. The summed E-state index contributed by atoms with van der Waals surface area (Å²) in [6.07, 6.45) is 0.0285. The number of carbonyl (C=O) groups excluding carboxylic acids is 6. The molecular weight excluding hydrogens is 1310 g/mol. The molecule has 35 nitrogen and oxygen atoms in total. The van der Waals surface area contributed by atoms with E-state index in [0.29, 0.717) is 314 Å². The largest absolute Gasteiger partial charge is 0.378 e. The molecule has 2 aliphatic rings. The van der Waals surface area contributed by atoms with Crippen molar-refractivity contribution in [1.82, 2.24) is 10.1 Å². The Bertz CT molecular complexity index is 1660. The van der Waals surface area contributed by atoms with Crippen molar-refractivity contribution < 1.29 is 157 Å². The molecule has 2 fully saturated rings. The average Bonchev–Trinajstić information content (AvgIpc) is 1.78. The quantitative estimate of drug-likeness (QED) is 0.0573. The number of amides is 4. The zero-order valence-corrected chi connectivity index (χ0v) is 57.0. The molecule has 0 spiro atoms. The summed E-state index contributed by atoms with van der Waals surface area (Å²) in [7, 11) is 0. The van der Waals surface area contributed by atoms with Crippen molar-refractivity contribution >= 4 is 35.6 Å². The third kappa shape index (κ3) is 63.2. The number of rotatable bonds is 80. The Morgan fingerprint density at radius 2 is 0.276 bits per heavy atom. The predicted molar refractivity (Wildman–Crippen MR) is 341 cm³/mol. The van der Waals surface area contributed by atoms with Gasteiger partial charge in [0, 0.05) is 25.7 Å². The lowest BCUT2D eigenvalue weighted by molar-refractivity contribution is -0.198. The van der Waals surface area contributed by atoms with Crippen molar-refractivity contribution in [3.63, 3.8) is 0 Å². The van der Waals surface area contributed by atoms with E-state index in [1.807, 2.05) is 0 Å². The van der Waals surface area contributed by atoms with Gasteiger partial charge in [-0.25, -0.2) is 9.59 Å². The van der Waals surface area contributed by atoms with Crippen LogP contribution in [-0.2, 0) is 157 Å². The van der Waals surface area contributed by atoms with Gasteiger partial charge in [-0.05, 0) is 0 Å². The van der Waals surface area contributed by atoms with Crippen molar-refractivity contribution in [2.24, 2.45) is 0 Å². The van der Waals surface area contributed by atoms with Crippen molar-refractivity contribution in [1.29, 1.82) is 0 Å². The van der Waals surface area contributed by atoms with Gasteiger partial charge >= 0.3 is 11.9 Å². The van der Waals surface area contributed by atoms with Gasteiger partial charge in [-0.2, -0.15) is 0 Å². The molecule has 0 unspecified atom stereocenters. The van der Waals surface area contributed by atoms with Crippen molar-refractivity contribution in [3.8, 4) is 0 Å². The van der Waals surface area contributed by atoms with Crippen LogP contribution in [0, 0.1) is 0 Å². The van der Waals surface area contributed by atoms with Crippen LogP contribution in [0.2, 0.25) is 0 Å². The molecular formula is C63H116N2O33. The lowest BCUT2D eigenvalue weighted by Crippen LogP contribution is -2.32. The molecule has 2 rings (SSSR count). The molecule has 0 atom stereocenters. The fourth-order valence-corrected chi connectivity index (χ4v) is 7.30. The zero-order chi connectivity index (χ0) is 69.3. The monoisotopic (exact) mass is 1430 g/mol. The number of hydrogen-bond acceptors (Lipinski definition) is 33. The second-order valence-corrected chi connectivity index (χ2v) is 19.9. The summed E-state index contributed by atoms with van der Waals surface area (Å²) >= 11 is 0. The highest BCUT2D eigenvalue weighted by Crippen LogP contribution is 2.14. The Kier molecular flexibility index (Phi) is 70.0. The molecule has 0 aromatic rings. The van der Waals surface area contributed by atoms with E-state index in [0.717, 1.165) is 0 Å². The van der Waals surface area contributed by atoms with E-state index in [1.165, 1.54) is 0 Å². The van der Waals surface area contributed by atoms with E-state index < -0.39 is 35.6 Å². The SMILES string of the molecule is C.O=C(CCOCCOCCOCCOCCOCCOCCOCCOCCOCCOCCOCCOCCOCCOCCOCCOCCOCCOCCOCCOCCOCCOCCOCCOCCOCCC(=O)ON1C(=O)CCC1=O)ON1C(=O)CCC1=O. The van der Waals surface area contributed by atoms with Gasteiger partial charge in [0.25, 0.3) is 23.6 Å². The van der Waals surface area contributed by atoms with E-state index in [2.05, 4.69) is 0 Å². The molecule has 2 saturated heterocycles. The second kappa shape index (κ2) is 74.4. The highest BCUT2D eigenvalue weighted by molar-refractivity contribution is 6.02. The maximum absolute atomic E-state index is 11.7. The van der Waals surface area contributed by atoms with E-state index >= 15 is 0 Å². The van der Waals surface area contributed by atoms with Gasteiger partial charge in [0.2, 0.25) is 0 Å². The van der Waals surface area contributed by atoms with Gasteiger partial charge in [-0.1, -0.05) is 7.43 Å². The summed E-state index contributed by atoms with van der Waals surface area (Å²) < 4.78 is 137. The van der Waals surface area contributed by atoms with Crippen molar-refractivity contribution in [3.05, 3.63) is 0 Å². The molecule has 0 aromatic carbocycles. The van der Waals surface area contributed by atoms with E-state index in [4.69, 9.17) is 128 Å². The van der Waals surface area contributed by atoms with Crippen LogP contribution in [0.3, 0.4) is 0 Å². The zero-order valence-electron chi connectivity index (χ0n) is 57.0. The minimum atomic E-state index is -0.708. The lowest BCUT2D eigenvalue weighted by Gasteiger charge is -2.12. The Balaban J connectivity index is 0.0000480. The number of hydroxylamine groups is 4. The molecule has 576 valence electrons. The Labute approximate surface area is 577 Å². The summed E-state index contributed by atoms with van der Waals surface area (Å²) in [6.45, 7) is 21.2. The summed E-state index contributed by atoms with van der Waals surface area (Å²) in [5.74, 6) is -3.49. The highest BCUT2D eigenvalue weighted by Gasteiger charge is 2.33. The van der Waals surface area contributed by atoms with Gasteiger partial charge in [0.1, 0.15) is 0 Å². The summed E-state index contributed by atoms with van der Waals surface area (Å²) in [5.41, 5.74) is 0. The van der Waals surface area contributed by atoms with Crippen molar-refractivity contribution in [2.75, 3.05) is 330 Å². The number of nitrogens with zero attached hydrogens (tertiary/aromatic N) is 2. The first-order valence-corrected chi connectivity index (χ1v) is 33.4. The molecule has 0 bridgehead atoms. The number of imide groups is 2. The molecule has 4 amide bonds. The van der Waals surface area contributed by atoms with Crippen LogP contribution in [0.5, 0.6) is 0 Å². The normalized spacial score (nSPS) is 13.3. The Morgan fingerprint density at radius 1 is 0.184 bits per heavy atom. The van der Waals surface area contributed by atoms with Gasteiger partial charge < -0.3 is 128 Å². The minimum Gasteiger partial charge on any atom is -0.378 e. The average molecular weight is 1430 g/mol. The van der Waals surface area contributed by atoms with Gasteiger partial charge in [-0.15, -0.1) is 10.1 Å². The first kappa shape index (κ1) is 92.2. The maximum Gasteiger partial charge on any atom is 0.335 e. The third-order valence-electron chi connectivity index (χ3n) is 12.2. The van der Waals surface area contributed by atoms with Gasteiger partial charge in [0.15, 0.2) is 0 Å². The second-order valence-electron chi connectivity index (χ2n) is 19.9. The number of ether oxygens (including phenoxy) is 25. The van der Waals surface area contributed by atoms with Crippen LogP contribution in [0.1, 0.15) is 46.0 Å². The molecule has 98 heavy (non-hydrogen) atoms. The van der Waals surface area contributed by atoms with Gasteiger partial charge in [0.05, 0.1) is 343 Å². The predicted octanol–water partition coefficient (Wildman–Crippen LogP) is 0.0321. The molecule has 0 radical (unpaired) electrons. The summed E-state index contributed by atoms with van der Waals surface area (Å²) in [6, 6.07) is 0. The molecule has 0 N–H and O–H groups in total. The molecule has 0 aliphatic carbocycles. The fraction of sp³-hybridized carbons (Fsp3) is 0.905. The summed E-state index contributed by atoms with van der Waals surface area (Å²) in [5, 5.41) is 1.03. The first-order valence-electron chi connectivity index (χ1n) is 33.4. The van der Waals surface area contributed by atoms with E-state index in [-0.39, 0.29) is 72.4 Å². The van der Waals surface area contributed by atoms with Crippen LogP contribution >= 0.6 is 0 Å². The van der Waals surface area contributed by atoms with Crippen molar-refractivity contribution in [2.45, 2.75) is 46.0 Å². The lowest BCUT2D eigenvalue weighted by atomic mass is 10.4. The Morgan fingerprint density at radius 3 is 0.378 bits per heavy atom. The molecule has 0 saturated carbocycles. The van der Waals surface area contributed by atoms with Crippen LogP contribution in [0.15, 0.2) is 0 Å². The topological polar surface area (TPSA) is 358 Å². The number of hydrogen-bond donors (Lipinski definition) is 0. The van der Waals surface area contributed by atoms with E-state index in [9.17, 15) is 28.8 Å². The number of carbonyl (C=O) groups is 6. The third-order valence-corrected chi connectivity index (χ3v) is 12.2. The Hall–Kier alpha value is -3.78. The van der Waals surface area contributed by atoms with Crippen LogP contribution in [0.25, 0.3) is 0 Å². The highest BCUT2D eigenvalue weighted by atomic mass is 16.7. The minimum absolute atomic E-state index is 0. The van der Waals surface area contributed by atoms with Crippen LogP contribution in [0.4, 0.5) is 0 Å². The smallest absolute Gasteiger partial charge is 0.335 e. The first-order chi connectivity index (χ1) is 47.9. The summed E-state index contributed by atoms with van der Waals surface area (Å²) in [4.78, 5) is 78.7. The standard InChI is InChI=1S/C62H112N2O33.CH4/c65-57-1-2-58(66)63(57)96-61(69)5-7-71-9-11-73-13-15-75-17-19-77-21-23-79-25-27-81-29-31-83-33-35-85-37-39-87-41-43-89-45-47-91-49-51-93-53-55-95-56-54-94-52-50-92-48-46-90-44-42-88-40-38-86-36-34-84-32-30-82-28-26-80-24-22-78-20-18-76-16-14-74-12-10-72-8-6-62(70)97-64-59(67)3-4-60(64)68;/h1-56H2;1H4. The molecule has 35 heteroatoms. The van der Waals surface area contributed by atoms with Crippen LogP contribution < -0.4 is 0 Å². The molecule has 2 heterocycles. The van der Waals surface area contributed by atoms with Gasteiger partial charge in [-0.3, -0.25) is 19.2 Å². The fourth-order valence-electron chi connectivity index (χ4n) is 7.30. The maximum atomic E-state index is 11.7.